The highest BCUT2D eigenvalue weighted by molar-refractivity contribution is 5.66. The molecule has 0 aromatic rings. The molecule has 0 unspecified atom stereocenters. The summed E-state index contributed by atoms with van der Waals surface area (Å²) >= 11 is 0. The molecule has 2 nitrogen and oxygen atoms in total. The van der Waals surface area contributed by atoms with Gasteiger partial charge in [0.05, 0.1) is 0 Å². The molecule has 102 valence electrons. The summed E-state index contributed by atoms with van der Waals surface area (Å²) < 4.78 is 0. The van der Waals surface area contributed by atoms with Gasteiger partial charge in [0, 0.05) is 6.42 Å². The Morgan fingerprint density at radius 3 is 1.53 bits per heavy atom. The predicted molar refractivity (Wildman–Crippen MR) is 75.4 cm³/mol. The number of unbranched alkanes of at least 4 members (excludes halogenated alkanes) is 9. The van der Waals surface area contributed by atoms with Crippen molar-refractivity contribution in [1.82, 2.24) is 0 Å². The highest BCUT2D eigenvalue weighted by Gasteiger charge is 1.96. The van der Waals surface area contributed by atoms with E-state index >= 15 is 0 Å². The first-order valence-corrected chi connectivity index (χ1v) is 6.99. The van der Waals surface area contributed by atoms with Gasteiger partial charge in [0.1, 0.15) is 0 Å². The average Bonchev–Trinajstić information content (AvgIpc) is 2.34. The molecule has 17 heavy (non-hydrogen) atoms. The Labute approximate surface area is 107 Å². The maximum atomic E-state index is 10.2. The van der Waals surface area contributed by atoms with E-state index < -0.39 is 5.97 Å². The van der Waals surface area contributed by atoms with Crippen LogP contribution in [0.1, 0.15) is 77.6 Å². The summed E-state index contributed by atoms with van der Waals surface area (Å²) in [6.45, 7) is 8.24. The minimum absolute atomic E-state index is 0.344. The van der Waals surface area contributed by atoms with E-state index in [1.54, 1.807) is 0 Å². The molecule has 0 aromatic heterocycles. The van der Waals surface area contributed by atoms with E-state index in [0.717, 1.165) is 12.8 Å². The standard InChI is InChI=1S/C13H26O2.C2H4/c1-2-3-4-5-6-7-8-9-10-11-12-13(14)15;1-2/h2-12H2,1H3,(H,14,15);1-2H2. The van der Waals surface area contributed by atoms with Crippen molar-refractivity contribution in [3.8, 4) is 0 Å². The summed E-state index contributed by atoms with van der Waals surface area (Å²) in [5.74, 6) is -0.658. The molecule has 0 heterocycles. The molecule has 0 atom stereocenters. The first-order chi connectivity index (χ1) is 8.27. The van der Waals surface area contributed by atoms with E-state index in [2.05, 4.69) is 20.1 Å². The zero-order valence-electron chi connectivity index (χ0n) is 11.5. The molecular weight excluding hydrogens is 212 g/mol. The summed E-state index contributed by atoms with van der Waals surface area (Å²) in [5.41, 5.74) is 0. The fourth-order valence-corrected chi connectivity index (χ4v) is 1.76. The second-order valence-corrected chi connectivity index (χ2v) is 4.33. The van der Waals surface area contributed by atoms with Crippen LogP contribution in [0, 0.1) is 0 Å². The Bertz CT molecular complexity index is 155. The topological polar surface area (TPSA) is 37.3 Å². The highest BCUT2D eigenvalue weighted by atomic mass is 16.4. The van der Waals surface area contributed by atoms with E-state index in [0.29, 0.717) is 6.42 Å². The molecule has 0 aliphatic rings. The van der Waals surface area contributed by atoms with Gasteiger partial charge in [0.25, 0.3) is 0 Å². The molecule has 0 aromatic carbocycles. The quantitative estimate of drug-likeness (QED) is 0.400. The Balaban J connectivity index is 0. The third kappa shape index (κ3) is 21.1. The molecule has 0 bridgehead atoms. The van der Waals surface area contributed by atoms with Gasteiger partial charge in [0.2, 0.25) is 0 Å². The van der Waals surface area contributed by atoms with E-state index in [-0.39, 0.29) is 0 Å². The van der Waals surface area contributed by atoms with Crippen molar-refractivity contribution in [2.45, 2.75) is 77.6 Å². The zero-order valence-corrected chi connectivity index (χ0v) is 11.5. The number of carbonyl (C=O) groups is 1. The van der Waals surface area contributed by atoms with Gasteiger partial charge in [-0.3, -0.25) is 4.79 Å². The lowest BCUT2D eigenvalue weighted by Gasteiger charge is -2.01. The fraction of sp³-hybridized carbons (Fsp3) is 0.800. The van der Waals surface area contributed by atoms with E-state index in [9.17, 15) is 4.79 Å². The van der Waals surface area contributed by atoms with Crippen molar-refractivity contribution in [3.05, 3.63) is 13.2 Å². The van der Waals surface area contributed by atoms with Crippen LogP contribution in [-0.4, -0.2) is 11.1 Å². The Morgan fingerprint density at radius 2 is 1.18 bits per heavy atom. The lowest BCUT2D eigenvalue weighted by molar-refractivity contribution is -0.137. The van der Waals surface area contributed by atoms with Gasteiger partial charge in [-0.2, -0.15) is 0 Å². The maximum Gasteiger partial charge on any atom is 0.303 e. The van der Waals surface area contributed by atoms with Gasteiger partial charge in [-0.05, 0) is 6.42 Å². The first-order valence-electron chi connectivity index (χ1n) is 6.99. The summed E-state index contributed by atoms with van der Waals surface area (Å²) in [6.07, 6.45) is 12.9. The number of hydrogen-bond donors (Lipinski definition) is 1. The third-order valence-corrected chi connectivity index (χ3v) is 2.74. The molecule has 0 saturated heterocycles. The lowest BCUT2D eigenvalue weighted by Crippen LogP contribution is -1.93. The number of hydrogen-bond acceptors (Lipinski definition) is 1. The Kier molecular flexibility index (Phi) is 19.2. The number of aliphatic carboxylic acids is 1. The first kappa shape index (κ1) is 18.6. The average molecular weight is 242 g/mol. The minimum atomic E-state index is -0.658. The van der Waals surface area contributed by atoms with Crippen molar-refractivity contribution >= 4 is 5.97 Å². The number of carboxylic acid groups (broad SMARTS) is 1. The Morgan fingerprint density at radius 1 is 0.824 bits per heavy atom. The normalized spacial score (nSPS) is 9.47. The summed E-state index contributed by atoms with van der Waals surface area (Å²) in [4.78, 5) is 10.2. The van der Waals surface area contributed by atoms with Gasteiger partial charge in [-0.15, -0.1) is 13.2 Å². The molecule has 0 amide bonds. The molecule has 0 aliphatic carbocycles. The third-order valence-electron chi connectivity index (χ3n) is 2.74. The van der Waals surface area contributed by atoms with Gasteiger partial charge in [-0.1, -0.05) is 64.7 Å². The van der Waals surface area contributed by atoms with Crippen molar-refractivity contribution in [3.63, 3.8) is 0 Å². The second-order valence-electron chi connectivity index (χ2n) is 4.33. The van der Waals surface area contributed by atoms with E-state index in [4.69, 9.17) is 5.11 Å². The van der Waals surface area contributed by atoms with Crippen LogP contribution < -0.4 is 0 Å². The van der Waals surface area contributed by atoms with Gasteiger partial charge in [0.15, 0.2) is 0 Å². The van der Waals surface area contributed by atoms with Crippen LogP contribution in [0.3, 0.4) is 0 Å². The molecular formula is C15H30O2. The monoisotopic (exact) mass is 242 g/mol. The van der Waals surface area contributed by atoms with Crippen molar-refractivity contribution < 1.29 is 9.90 Å². The van der Waals surface area contributed by atoms with Crippen LogP contribution in [0.4, 0.5) is 0 Å². The second kappa shape index (κ2) is 17.6. The lowest BCUT2D eigenvalue weighted by atomic mass is 10.1. The molecule has 0 rings (SSSR count). The summed E-state index contributed by atoms with van der Waals surface area (Å²) in [5, 5.41) is 8.44. The van der Waals surface area contributed by atoms with Crippen molar-refractivity contribution in [2.24, 2.45) is 0 Å². The summed E-state index contributed by atoms with van der Waals surface area (Å²) in [7, 11) is 0. The molecule has 0 saturated carbocycles. The van der Waals surface area contributed by atoms with Crippen LogP contribution in [-0.2, 0) is 4.79 Å². The number of carboxylic acids is 1. The van der Waals surface area contributed by atoms with Crippen LogP contribution in [0.15, 0.2) is 13.2 Å². The minimum Gasteiger partial charge on any atom is -0.481 e. The van der Waals surface area contributed by atoms with Crippen LogP contribution in [0.5, 0.6) is 0 Å². The van der Waals surface area contributed by atoms with Crippen LogP contribution in [0.25, 0.3) is 0 Å². The SMILES string of the molecule is C=C.CCCCCCCCCCCCC(=O)O. The smallest absolute Gasteiger partial charge is 0.303 e. The molecule has 0 radical (unpaired) electrons. The number of rotatable bonds is 11. The van der Waals surface area contributed by atoms with Crippen LogP contribution >= 0.6 is 0 Å². The fourth-order valence-electron chi connectivity index (χ4n) is 1.76. The van der Waals surface area contributed by atoms with Gasteiger partial charge >= 0.3 is 5.97 Å². The van der Waals surface area contributed by atoms with Gasteiger partial charge in [-0.25, -0.2) is 0 Å². The molecule has 0 aliphatic heterocycles. The maximum absolute atomic E-state index is 10.2. The predicted octanol–water partition coefficient (Wildman–Crippen LogP) is 5.18. The highest BCUT2D eigenvalue weighted by Crippen LogP contribution is 2.10. The van der Waals surface area contributed by atoms with Crippen molar-refractivity contribution in [1.29, 1.82) is 0 Å². The largest absolute Gasteiger partial charge is 0.481 e. The van der Waals surface area contributed by atoms with Gasteiger partial charge < -0.3 is 5.11 Å². The van der Waals surface area contributed by atoms with E-state index in [1.807, 2.05) is 0 Å². The molecule has 1 N–H and O–H groups in total. The Hall–Kier alpha value is -0.790. The zero-order chi connectivity index (χ0) is 13.4. The summed E-state index contributed by atoms with van der Waals surface area (Å²) in [6, 6.07) is 0. The molecule has 0 fully saturated rings. The van der Waals surface area contributed by atoms with E-state index in [1.165, 1.54) is 51.4 Å². The van der Waals surface area contributed by atoms with Crippen LogP contribution in [0.2, 0.25) is 0 Å². The molecule has 0 spiro atoms. The molecule has 2 heteroatoms. The van der Waals surface area contributed by atoms with Crippen molar-refractivity contribution in [2.75, 3.05) is 0 Å².